The predicted molar refractivity (Wildman–Crippen MR) is 66.2 cm³/mol. The highest BCUT2D eigenvalue weighted by molar-refractivity contribution is 8.29. The molecule has 0 N–H and O–H groups in total. The van der Waals surface area contributed by atoms with Crippen LogP contribution in [0, 0.1) is 0 Å². The van der Waals surface area contributed by atoms with E-state index in [9.17, 15) is 0 Å². The van der Waals surface area contributed by atoms with Crippen molar-refractivity contribution < 1.29 is 8.85 Å². The van der Waals surface area contributed by atoms with E-state index in [1.165, 1.54) is 0 Å². The van der Waals surface area contributed by atoms with Crippen LogP contribution in [0.3, 0.4) is 0 Å². The van der Waals surface area contributed by atoms with Crippen LogP contribution < -0.4 is 0 Å². The molecule has 0 aromatic carbocycles. The molecule has 0 bridgehead atoms. The summed E-state index contributed by atoms with van der Waals surface area (Å²) in [6.45, 7) is 12.8. The van der Waals surface area contributed by atoms with Crippen LogP contribution in [-0.4, -0.2) is 35.1 Å². The van der Waals surface area contributed by atoms with E-state index in [4.69, 9.17) is 8.85 Å². The van der Waals surface area contributed by atoms with Gasteiger partial charge in [0, 0.05) is 18.6 Å². The van der Waals surface area contributed by atoms with Gasteiger partial charge in [-0.3, -0.25) is 0 Å². The molecule has 0 rings (SSSR count). The van der Waals surface area contributed by atoms with Crippen molar-refractivity contribution in [2.24, 2.45) is 0 Å². The fourth-order valence-corrected chi connectivity index (χ4v) is 10.7. The van der Waals surface area contributed by atoms with Crippen molar-refractivity contribution in [3.8, 4) is 0 Å². The third kappa shape index (κ3) is 9.02. The van der Waals surface area contributed by atoms with Crippen LogP contribution in [0.2, 0.25) is 19.6 Å². The minimum absolute atomic E-state index is 0.795. The summed E-state index contributed by atoms with van der Waals surface area (Å²) in [7, 11) is -2.32. The monoisotopic (exact) mass is 238 g/mol. The first kappa shape index (κ1) is 13.7. The normalized spacial score (nSPS) is 12.5. The molecule has 0 aromatic rings. The molecule has 2 nitrogen and oxygen atoms in total. The summed E-state index contributed by atoms with van der Waals surface area (Å²) in [5.74, 6) is 0. The molecule has 0 saturated heterocycles. The topological polar surface area (TPSA) is 18.5 Å². The molecule has 0 aliphatic heterocycles. The third-order valence-corrected chi connectivity index (χ3v) is 9.49. The molecule has 13 heavy (non-hydrogen) atoms. The molecular weight excluding hydrogens is 216 g/mol. The zero-order chi connectivity index (χ0) is 10.3. The van der Waals surface area contributed by atoms with Crippen LogP contribution in [-0.2, 0) is 8.85 Å². The maximum absolute atomic E-state index is 5.60. The molecule has 0 spiro atoms. The highest BCUT2D eigenvalue weighted by Crippen LogP contribution is 2.20. The van der Waals surface area contributed by atoms with Gasteiger partial charge in [0.05, 0.1) is 0 Å². The number of rotatable bonds is 7. The average Bonchev–Trinajstić information content (AvgIpc) is 2.00. The largest absolute Gasteiger partial charge is 0.396 e. The maximum Gasteiger partial charge on any atom is 0.331 e. The first-order valence-corrected chi connectivity index (χ1v) is 11.8. The van der Waals surface area contributed by atoms with Crippen molar-refractivity contribution in [3.05, 3.63) is 0 Å². The maximum atomic E-state index is 5.60. The van der Waals surface area contributed by atoms with Crippen molar-refractivity contribution >= 4 is 27.7 Å². The zero-order valence-corrected chi connectivity index (χ0v) is 12.4. The smallest absolute Gasteiger partial charge is 0.331 e. The summed E-state index contributed by atoms with van der Waals surface area (Å²) in [6.07, 6.45) is 0. The van der Waals surface area contributed by atoms with E-state index in [1.54, 1.807) is 0 Å². The van der Waals surface area contributed by atoms with E-state index in [-0.39, 0.29) is 0 Å². The quantitative estimate of drug-likeness (QED) is 0.635. The van der Waals surface area contributed by atoms with Crippen molar-refractivity contribution in [1.82, 2.24) is 0 Å². The van der Waals surface area contributed by atoms with E-state index in [2.05, 4.69) is 30.9 Å². The fraction of sp³-hybridized carbons (Fsp3) is 1.00. The van der Waals surface area contributed by atoms with Crippen LogP contribution in [0.25, 0.3) is 0 Å². The Kier molecular flexibility index (Phi) is 7.44. The standard InChI is InChI=1S/C8H22O2SSi2/c1-6-9-12(10-7-2)8-11-13(3,4)5/h12H,6-8H2,1-5H3. The molecule has 80 valence electrons. The lowest BCUT2D eigenvalue weighted by Crippen LogP contribution is -2.29. The Bertz CT molecular complexity index is 122. The van der Waals surface area contributed by atoms with Gasteiger partial charge in [-0.2, -0.15) is 11.2 Å². The lowest BCUT2D eigenvalue weighted by molar-refractivity contribution is 0.219. The Morgan fingerprint density at radius 1 is 1.08 bits per heavy atom. The molecule has 0 aliphatic rings. The minimum Gasteiger partial charge on any atom is -0.396 e. The van der Waals surface area contributed by atoms with Gasteiger partial charge in [-0.25, -0.2) is 0 Å². The Morgan fingerprint density at radius 3 is 1.85 bits per heavy atom. The predicted octanol–water partition coefficient (Wildman–Crippen LogP) is 2.39. The van der Waals surface area contributed by atoms with Crippen molar-refractivity contribution in [2.45, 2.75) is 33.5 Å². The molecule has 5 heteroatoms. The van der Waals surface area contributed by atoms with Gasteiger partial charge in [-0.1, -0.05) is 19.6 Å². The first-order chi connectivity index (χ1) is 5.99. The summed E-state index contributed by atoms with van der Waals surface area (Å²) in [4.78, 5) is 0. The molecule has 0 amide bonds. The lowest BCUT2D eigenvalue weighted by atomic mass is 10.9. The zero-order valence-electron chi connectivity index (χ0n) is 9.42. The van der Waals surface area contributed by atoms with Crippen LogP contribution in [0.15, 0.2) is 0 Å². The average molecular weight is 239 g/mol. The van der Waals surface area contributed by atoms with Gasteiger partial charge < -0.3 is 8.85 Å². The van der Waals surface area contributed by atoms with Crippen LogP contribution in [0.5, 0.6) is 0 Å². The molecule has 0 heterocycles. The lowest BCUT2D eigenvalue weighted by Gasteiger charge is -2.19. The second-order valence-electron chi connectivity index (χ2n) is 3.76. The van der Waals surface area contributed by atoms with Crippen LogP contribution >= 0.6 is 11.2 Å². The van der Waals surface area contributed by atoms with Gasteiger partial charge in [0.25, 0.3) is 0 Å². The third-order valence-electron chi connectivity index (χ3n) is 1.36. The summed E-state index contributed by atoms with van der Waals surface area (Å²) in [6, 6.07) is 0. The van der Waals surface area contributed by atoms with Gasteiger partial charge in [0.15, 0.2) is 0 Å². The Hall–Kier alpha value is 0.704. The SMILES string of the molecule is CCO[SiH](CS[Si](C)(C)C)OCC. The Morgan fingerprint density at radius 2 is 1.54 bits per heavy atom. The highest BCUT2D eigenvalue weighted by atomic mass is 32.4. The summed E-state index contributed by atoms with van der Waals surface area (Å²) in [5.41, 5.74) is 0. The first-order valence-electron chi connectivity index (χ1n) is 4.86. The van der Waals surface area contributed by atoms with Crippen molar-refractivity contribution in [3.63, 3.8) is 0 Å². The van der Waals surface area contributed by atoms with Crippen molar-refractivity contribution in [2.75, 3.05) is 18.6 Å². The minimum atomic E-state index is -1.34. The number of hydrogen-bond donors (Lipinski definition) is 0. The Labute approximate surface area is 88.9 Å². The molecule has 0 aliphatic carbocycles. The van der Waals surface area contributed by atoms with E-state index >= 15 is 0 Å². The van der Waals surface area contributed by atoms with Crippen molar-refractivity contribution in [1.29, 1.82) is 0 Å². The Balaban J connectivity index is 3.68. The van der Waals surface area contributed by atoms with E-state index < -0.39 is 16.5 Å². The van der Waals surface area contributed by atoms with Gasteiger partial charge in [0.2, 0.25) is 0 Å². The molecular formula is C8H22O2SSi2. The van der Waals surface area contributed by atoms with Gasteiger partial charge in [-0.15, -0.1) is 0 Å². The number of hydrogen-bond acceptors (Lipinski definition) is 3. The van der Waals surface area contributed by atoms with Gasteiger partial charge >= 0.3 is 9.28 Å². The molecule has 0 fully saturated rings. The second kappa shape index (κ2) is 7.06. The molecule has 0 atom stereocenters. The van der Waals surface area contributed by atoms with E-state index in [0.717, 1.165) is 18.6 Å². The highest BCUT2D eigenvalue weighted by Gasteiger charge is 2.19. The van der Waals surface area contributed by atoms with Crippen LogP contribution in [0.4, 0.5) is 0 Å². The summed E-state index contributed by atoms with van der Waals surface area (Å²) in [5, 5.41) is 1.11. The fourth-order valence-electron chi connectivity index (χ4n) is 0.834. The molecule has 0 radical (unpaired) electrons. The summed E-state index contributed by atoms with van der Waals surface area (Å²) < 4.78 is 11.2. The second-order valence-corrected chi connectivity index (χ2v) is 15.7. The van der Waals surface area contributed by atoms with Gasteiger partial charge in [-0.05, 0) is 13.8 Å². The van der Waals surface area contributed by atoms with E-state index in [1.807, 2.05) is 13.8 Å². The van der Waals surface area contributed by atoms with E-state index in [0.29, 0.717) is 0 Å². The molecule has 0 saturated carbocycles. The van der Waals surface area contributed by atoms with Crippen LogP contribution in [0.1, 0.15) is 13.8 Å². The molecule has 0 aromatic heterocycles. The summed E-state index contributed by atoms with van der Waals surface area (Å²) >= 11 is 2.07. The molecule has 0 unspecified atom stereocenters. The van der Waals surface area contributed by atoms with Gasteiger partial charge in [0.1, 0.15) is 7.22 Å².